The van der Waals surface area contributed by atoms with E-state index in [0.29, 0.717) is 11.6 Å². The van der Waals surface area contributed by atoms with Crippen LogP contribution in [0.2, 0.25) is 10.0 Å². The van der Waals surface area contributed by atoms with E-state index in [4.69, 9.17) is 23.2 Å². The first-order chi connectivity index (χ1) is 19.0. The Morgan fingerprint density at radius 1 is 0.950 bits per heavy atom. The normalized spacial score (nSPS) is 12.0. The molecule has 0 saturated heterocycles. The fourth-order valence-electron chi connectivity index (χ4n) is 4.35. The standard InChI is InChI=1S/C30H35Cl2N3O4S/c1-4-5-16-33-30(37)28(18-23-11-7-6-8-12-23)34(20-24-13-9-10-22(2)17-24)29(36)21-35(40(3,38)39)27-15-14-25(31)19-26(27)32/h6-15,17,19,28H,4-5,16,18,20-21H2,1-3H3,(H,33,37)/t28-/m1/s1. The summed E-state index contributed by atoms with van der Waals surface area (Å²) in [5, 5.41) is 3.39. The fraction of sp³-hybridized carbons (Fsp3) is 0.333. The van der Waals surface area contributed by atoms with Gasteiger partial charge in [-0.15, -0.1) is 0 Å². The minimum atomic E-state index is -3.93. The topological polar surface area (TPSA) is 86.8 Å². The molecule has 7 nitrogen and oxygen atoms in total. The largest absolute Gasteiger partial charge is 0.354 e. The molecule has 0 aliphatic heterocycles. The highest BCUT2D eigenvalue weighted by Crippen LogP contribution is 2.30. The second-order valence-corrected chi connectivity index (χ2v) is 12.5. The molecule has 0 aliphatic rings. The van der Waals surface area contributed by atoms with Crippen molar-refractivity contribution < 1.29 is 18.0 Å². The van der Waals surface area contributed by atoms with Crippen LogP contribution < -0.4 is 9.62 Å². The SMILES string of the molecule is CCCCNC(=O)[C@@H](Cc1ccccc1)N(Cc1cccc(C)c1)C(=O)CN(c1ccc(Cl)cc1Cl)S(C)(=O)=O. The number of halogens is 2. The van der Waals surface area contributed by atoms with Gasteiger partial charge in [0.1, 0.15) is 12.6 Å². The quantitative estimate of drug-likeness (QED) is 0.257. The molecule has 0 radical (unpaired) electrons. The number of unbranched alkanes of at least 4 members (excludes halogenated alkanes) is 1. The van der Waals surface area contributed by atoms with Crippen molar-refractivity contribution in [2.75, 3.05) is 23.7 Å². The first-order valence-electron chi connectivity index (χ1n) is 13.1. The van der Waals surface area contributed by atoms with Crippen molar-refractivity contribution in [3.05, 3.63) is 99.5 Å². The van der Waals surface area contributed by atoms with Crippen LogP contribution in [0.1, 0.15) is 36.5 Å². The number of carbonyl (C=O) groups excluding carboxylic acids is 2. The van der Waals surface area contributed by atoms with Crippen molar-refractivity contribution in [2.24, 2.45) is 0 Å². The van der Waals surface area contributed by atoms with Crippen LogP contribution in [0.15, 0.2) is 72.8 Å². The van der Waals surface area contributed by atoms with Crippen molar-refractivity contribution in [2.45, 2.75) is 45.7 Å². The number of hydrogen-bond donors (Lipinski definition) is 1. The average Bonchev–Trinajstić information content (AvgIpc) is 2.89. The molecular formula is C30H35Cl2N3O4S. The van der Waals surface area contributed by atoms with Crippen LogP contribution in [0.4, 0.5) is 5.69 Å². The summed E-state index contributed by atoms with van der Waals surface area (Å²) >= 11 is 12.4. The molecule has 10 heteroatoms. The number of carbonyl (C=O) groups is 2. The molecular weight excluding hydrogens is 569 g/mol. The van der Waals surface area contributed by atoms with Crippen LogP contribution in [-0.4, -0.2) is 50.5 Å². The number of aryl methyl sites for hydroxylation is 1. The maximum atomic E-state index is 14.1. The van der Waals surface area contributed by atoms with Gasteiger partial charge < -0.3 is 10.2 Å². The number of rotatable bonds is 13. The van der Waals surface area contributed by atoms with Crippen LogP contribution in [0, 0.1) is 6.92 Å². The summed E-state index contributed by atoms with van der Waals surface area (Å²) in [5.74, 6) is -0.835. The zero-order chi connectivity index (χ0) is 29.3. The Morgan fingerprint density at radius 3 is 2.27 bits per heavy atom. The smallest absolute Gasteiger partial charge is 0.244 e. The fourth-order valence-corrected chi connectivity index (χ4v) is 5.77. The average molecular weight is 605 g/mol. The van der Waals surface area contributed by atoms with Gasteiger partial charge in [-0.1, -0.05) is 96.7 Å². The molecule has 0 aliphatic carbocycles. The molecule has 40 heavy (non-hydrogen) atoms. The van der Waals surface area contributed by atoms with E-state index in [-0.39, 0.29) is 29.6 Å². The predicted octanol–water partition coefficient (Wildman–Crippen LogP) is 5.62. The lowest BCUT2D eigenvalue weighted by Gasteiger charge is -2.33. The van der Waals surface area contributed by atoms with Gasteiger partial charge in [0.2, 0.25) is 21.8 Å². The van der Waals surface area contributed by atoms with Crippen molar-refractivity contribution in [3.63, 3.8) is 0 Å². The Bertz CT molecular complexity index is 1420. The highest BCUT2D eigenvalue weighted by Gasteiger charge is 2.33. The minimum Gasteiger partial charge on any atom is -0.354 e. The molecule has 0 unspecified atom stereocenters. The Morgan fingerprint density at radius 2 is 1.65 bits per heavy atom. The Labute approximate surface area is 247 Å². The zero-order valence-electron chi connectivity index (χ0n) is 22.9. The summed E-state index contributed by atoms with van der Waals surface area (Å²) in [7, 11) is -3.93. The number of sulfonamides is 1. The maximum Gasteiger partial charge on any atom is 0.244 e. The molecule has 0 heterocycles. The van der Waals surface area contributed by atoms with Gasteiger partial charge in [0.25, 0.3) is 0 Å². The van der Waals surface area contributed by atoms with E-state index in [9.17, 15) is 18.0 Å². The number of hydrogen-bond acceptors (Lipinski definition) is 4. The summed E-state index contributed by atoms with van der Waals surface area (Å²) in [6.45, 7) is 4.03. The summed E-state index contributed by atoms with van der Waals surface area (Å²) in [6.07, 6.45) is 2.97. The predicted molar refractivity (Wildman–Crippen MR) is 162 cm³/mol. The maximum absolute atomic E-state index is 14.1. The third-order valence-electron chi connectivity index (χ3n) is 6.39. The van der Waals surface area contributed by atoms with E-state index in [1.54, 1.807) is 0 Å². The van der Waals surface area contributed by atoms with Gasteiger partial charge in [-0.25, -0.2) is 8.42 Å². The van der Waals surface area contributed by atoms with Gasteiger partial charge in [-0.2, -0.15) is 0 Å². The summed E-state index contributed by atoms with van der Waals surface area (Å²) < 4.78 is 26.7. The zero-order valence-corrected chi connectivity index (χ0v) is 25.3. The van der Waals surface area contributed by atoms with Crippen LogP contribution in [0.5, 0.6) is 0 Å². The van der Waals surface area contributed by atoms with Crippen LogP contribution in [-0.2, 0) is 32.6 Å². The van der Waals surface area contributed by atoms with Gasteiger partial charge in [0, 0.05) is 24.5 Å². The first-order valence-corrected chi connectivity index (χ1v) is 15.7. The first kappa shape index (κ1) is 31.5. The number of amides is 2. The minimum absolute atomic E-state index is 0.0918. The Kier molecular flexibility index (Phi) is 11.4. The molecule has 1 atom stereocenters. The molecule has 0 bridgehead atoms. The number of nitrogens with one attached hydrogen (secondary N) is 1. The van der Waals surface area contributed by atoms with E-state index in [1.165, 1.54) is 23.1 Å². The van der Waals surface area contributed by atoms with Crippen molar-refractivity contribution in [3.8, 4) is 0 Å². The van der Waals surface area contributed by atoms with Crippen LogP contribution >= 0.6 is 23.2 Å². The van der Waals surface area contributed by atoms with Crippen LogP contribution in [0.25, 0.3) is 0 Å². The van der Waals surface area contributed by atoms with E-state index >= 15 is 0 Å². The Balaban J connectivity index is 2.05. The molecule has 0 saturated carbocycles. The van der Waals surface area contributed by atoms with Crippen molar-refractivity contribution in [1.82, 2.24) is 10.2 Å². The highest BCUT2D eigenvalue weighted by molar-refractivity contribution is 7.92. The lowest BCUT2D eigenvalue weighted by atomic mass is 10.0. The van der Waals surface area contributed by atoms with Gasteiger partial charge in [0.05, 0.1) is 17.0 Å². The van der Waals surface area contributed by atoms with E-state index in [2.05, 4.69) is 5.32 Å². The van der Waals surface area contributed by atoms with Gasteiger partial charge >= 0.3 is 0 Å². The molecule has 0 fully saturated rings. The lowest BCUT2D eigenvalue weighted by Crippen LogP contribution is -2.53. The van der Waals surface area contributed by atoms with Gasteiger partial charge in [-0.3, -0.25) is 13.9 Å². The number of benzene rings is 3. The highest BCUT2D eigenvalue weighted by atomic mass is 35.5. The summed E-state index contributed by atoms with van der Waals surface area (Å²) in [5.41, 5.74) is 2.83. The molecule has 2 amide bonds. The molecule has 3 aromatic rings. The summed E-state index contributed by atoms with van der Waals surface area (Å²) in [4.78, 5) is 29.1. The van der Waals surface area contributed by atoms with E-state index in [0.717, 1.165) is 40.1 Å². The molecule has 3 aromatic carbocycles. The number of anilines is 1. The monoisotopic (exact) mass is 603 g/mol. The second-order valence-electron chi connectivity index (χ2n) is 9.73. The third-order valence-corrected chi connectivity index (χ3v) is 8.06. The van der Waals surface area contributed by atoms with Crippen LogP contribution in [0.3, 0.4) is 0 Å². The molecule has 1 N–H and O–H groups in total. The Hall–Kier alpha value is -3.07. The molecule has 0 spiro atoms. The van der Waals surface area contributed by atoms with E-state index in [1.807, 2.05) is 68.4 Å². The van der Waals surface area contributed by atoms with Crippen molar-refractivity contribution >= 4 is 50.7 Å². The number of nitrogens with zero attached hydrogens (tertiary/aromatic N) is 2. The molecule has 0 aromatic heterocycles. The molecule has 214 valence electrons. The van der Waals surface area contributed by atoms with Gasteiger partial charge in [0.15, 0.2) is 0 Å². The lowest BCUT2D eigenvalue weighted by molar-refractivity contribution is -0.140. The third kappa shape index (κ3) is 8.98. The van der Waals surface area contributed by atoms with Gasteiger partial charge in [-0.05, 0) is 42.7 Å². The van der Waals surface area contributed by atoms with Crippen molar-refractivity contribution in [1.29, 1.82) is 0 Å². The van der Waals surface area contributed by atoms with E-state index < -0.39 is 28.5 Å². The molecule has 3 rings (SSSR count). The second kappa shape index (κ2) is 14.5. The summed E-state index contributed by atoms with van der Waals surface area (Å²) in [6, 6.07) is 20.6.